The van der Waals surface area contributed by atoms with Gasteiger partial charge in [0, 0.05) is 25.1 Å². The zero-order chi connectivity index (χ0) is 15.4. The molecule has 0 bridgehead atoms. The second kappa shape index (κ2) is 6.39. The van der Waals surface area contributed by atoms with Crippen molar-refractivity contribution in [1.82, 2.24) is 34.7 Å². The number of carbonyl (C=O) groups is 1. The number of nitrogens with zero attached hydrogens (tertiary/aromatic N) is 6. The van der Waals surface area contributed by atoms with E-state index in [2.05, 4.69) is 30.0 Å². The molecule has 112 valence electrons. The Kier molecular flexibility index (Phi) is 4.15. The van der Waals surface area contributed by atoms with Gasteiger partial charge in [-0.3, -0.25) is 19.4 Å². The first-order chi connectivity index (χ1) is 10.7. The lowest BCUT2D eigenvalue weighted by atomic mass is 10.3. The molecule has 3 heterocycles. The van der Waals surface area contributed by atoms with E-state index in [1.165, 1.54) is 0 Å². The van der Waals surface area contributed by atoms with Gasteiger partial charge in [0.15, 0.2) is 0 Å². The predicted molar refractivity (Wildman–Crippen MR) is 80.2 cm³/mol. The Hall–Kier alpha value is -2.68. The maximum Gasteiger partial charge on any atom is 0.265 e. The number of nitrogens with one attached hydrogen (secondary N) is 1. The summed E-state index contributed by atoms with van der Waals surface area (Å²) in [6.45, 7) is 2.80. The van der Waals surface area contributed by atoms with E-state index in [-0.39, 0.29) is 5.91 Å². The van der Waals surface area contributed by atoms with Crippen molar-refractivity contribution in [2.75, 3.05) is 6.54 Å². The second-order valence-corrected chi connectivity index (χ2v) is 5.25. The van der Waals surface area contributed by atoms with Crippen LogP contribution < -0.4 is 5.32 Å². The molecule has 8 nitrogen and oxygen atoms in total. The molecule has 22 heavy (non-hydrogen) atoms. The van der Waals surface area contributed by atoms with Crippen LogP contribution in [0.25, 0.3) is 11.4 Å². The third-order valence-electron chi connectivity index (χ3n) is 2.95. The summed E-state index contributed by atoms with van der Waals surface area (Å²) >= 11 is 1.09. The van der Waals surface area contributed by atoms with E-state index in [0.29, 0.717) is 23.7 Å². The highest BCUT2D eigenvalue weighted by Gasteiger charge is 2.12. The highest BCUT2D eigenvalue weighted by molar-refractivity contribution is 7.07. The number of hydrogen-bond acceptors (Lipinski definition) is 7. The lowest BCUT2D eigenvalue weighted by Gasteiger charge is -2.04. The molecule has 0 aromatic carbocycles. The fraction of sp³-hybridized carbons (Fsp3) is 0.231. The standard InChI is InChI=1S/C13H13N7OS/c1-9-12(22-19-17-9)13(21)16-5-7-20-6-2-10(18-20)11-8-14-3-4-15-11/h2-4,6,8H,5,7H2,1H3,(H,16,21). The van der Waals surface area contributed by atoms with Crippen molar-refractivity contribution in [2.24, 2.45) is 0 Å². The summed E-state index contributed by atoms with van der Waals surface area (Å²) in [6.07, 6.45) is 6.75. The Morgan fingerprint density at radius 3 is 3.00 bits per heavy atom. The Morgan fingerprint density at radius 1 is 1.36 bits per heavy atom. The molecule has 0 spiro atoms. The zero-order valence-electron chi connectivity index (χ0n) is 11.8. The van der Waals surface area contributed by atoms with Crippen LogP contribution >= 0.6 is 11.5 Å². The summed E-state index contributed by atoms with van der Waals surface area (Å²) < 4.78 is 5.50. The van der Waals surface area contributed by atoms with Crippen LogP contribution in [0.4, 0.5) is 0 Å². The van der Waals surface area contributed by atoms with Gasteiger partial charge in [0.2, 0.25) is 0 Å². The first-order valence-corrected chi connectivity index (χ1v) is 7.38. The third-order valence-corrected chi connectivity index (χ3v) is 3.78. The molecule has 0 radical (unpaired) electrons. The van der Waals surface area contributed by atoms with Crippen LogP contribution in [0.1, 0.15) is 15.4 Å². The van der Waals surface area contributed by atoms with E-state index in [1.54, 1.807) is 30.2 Å². The van der Waals surface area contributed by atoms with Crippen LogP contribution in [0, 0.1) is 6.92 Å². The van der Waals surface area contributed by atoms with E-state index in [9.17, 15) is 4.79 Å². The molecule has 0 aliphatic heterocycles. The predicted octanol–water partition coefficient (Wildman–Crippen LogP) is 0.930. The lowest BCUT2D eigenvalue weighted by molar-refractivity contribution is 0.0955. The van der Waals surface area contributed by atoms with E-state index < -0.39 is 0 Å². The molecule has 3 rings (SSSR count). The van der Waals surface area contributed by atoms with Gasteiger partial charge in [-0.2, -0.15) is 5.10 Å². The number of carbonyl (C=O) groups excluding carboxylic acids is 1. The molecule has 0 saturated carbocycles. The summed E-state index contributed by atoms with van der Waals surface area (Å²) in [5.41, 5.74) is 2.12. The Morgan fingerprint density at radius 2 is 2.27 bits per heavy atom. The van der Waals surface area contributed by atoms with E-state index >= 15 is 0 Å². The normalized spacial score (nSPS) is 10.6. The van der Waals surface area contributed by atoms with E-state index in [1.807, 2.05) is 12.3 Å². The van der Waals surface area contributed by atoms with Crippen molar-refractivity contribution in [2.45, 2.75) is 13.5 Å². The van der Waals surface area contributed by atoms with Gasteiger partial charge in [0.1, 0.15) is 16.3 Å². The van der Waals surface area contributed by atoms with Crippen molar-refractivity contribution in [3.8, 4) is 11.4 Å². The number of amides is 1. The summed E-state index contributed by atoms with van der Waals surface area (Å²) in [5, 5.41) is 11.0. The molecule has 0 aliphatic rings. The van der Waals surface area contributed by atoms with Crippen molar-refractivity contribution in [1.29, 1.82) is 0 Å². The van der Waals surface area contributed by atoms with Gasteiger partial charge in [0.25, 0.3) is 5.91 Å². The fourth-order valence-corrected chi connectivity index (χ4v) is 2.43. The molecular weight excluding hydrogens is 302 g/mol. The van der Waals surface area contributed by atoms with Crippen molar-refractivity contribution in [3.63, 3.8) is 0 Å². The van der Waals surface area contributed by atoms with E-state index in [0.717, 1.165) is 22.9 Å². The summed E-state index contributed by atoms with van der Waals surface area (Å²) in [6, 6.07) is 1.86. The molecule has 3 aromatic rings. The monoisotopic (exact) mass is 315 g/mol. The summed E-state index contributed by atoms with van der Waals surface area (Å²) in [7, 11) is 0. The molecule has 9 heteroatoms. The van der Waals surface area contributed by atoms with Crippen molar-refractivity contribution >= 4 is 17.4 Å². The number of hydrogen-bond donors (Lipinski definition) is 1. The minimum absolute atomic E-state index is 0.159. The highest BCUT2D eigenvalue weighted by atomic mass is 32.1. The minimum Gasteiger partial charge on any atom is -0.349 e. The molecule has 1 N–H and O–H groups in total. The molecule has 0 unspecified atom stereocenters. The average Bonchev–Trinajstić information content (AvgIpc) is 3.17. The van der Waals surface area contributed by atoms with Gasteiger partial charge in [-0.25, -0.2) is 0 Å². The number of aryl methyl sites for hydroxylation is 1. The topological polar surface area (TPSA) is 98.5 Å². The molecule has 0 saturated heterocycles. The average molecular weight is 315 g/mol. The maximum atomic E-state index is 11.9. The van der Waals surface area contributed by atoms with E-state index in [4.69, 9.17) is 0 Å². The Labute approximate surface area is 130 Å². The van der Waals surface area contributed by atoms with Crippen molar-refractivity contribution < 1.29 is 4.79 Å². The molecule has 0 fully saturated rings. The van der Waals surface area contributed by atoms with Gasteiger partial charge in [-0.1, -0.05) is 4.49 Å². The quantitative estimate of drug-likeness (QED) is 0.752. The zero-order valence-corrected chi connectivity index (χ0v) is 12.6. The van der Waals surface area contributed by atoms with Crippen molar-refractivity contribution in [3.05, 3.63) is 41.4 Å². The Bertz CT molecular complexity index is 768. The third kappa shape index (κ3) is 3.14. The number of aromatic nitrogens is 6. The molecule has 1 amide bonds. The minimum atomic E-state index is -0.159. The second-order valence-electron chi connectivity index (χ2n) is 4.50. The van der Waals surface area contributed by atoms with Crippen LogP contribution in [0.5, 0.6) is 0 Å². The summed E-state index contributed by atoms with van der Waals surface area (Å²) in [4.78, 5) is 20.7. The van der Waals surface area contributed by atoms with Crippen LogP contribution in [-0.4, -0.2) is 41.8 Å². The molecule has 0 aliphatic carbocycles. The maximum absolute atomic E-state index is 11.9. The van der Waals surface area contributed by atoms with Crippen LogP contribution in [0.3, 0.4) is 0 Å². The number of rotatable bonds is 5. The SMILES string of the molecule is Cc1nnsc1C(=O)NCCn1ccc(-c2cnccn2)n1. The fourth-order valence-electron chi connectivity index (χ4n) is 1.86. The molecular formula is C13H13N7OS. The van der Waals surface area contributed by atoms with Gasteiger partial charge < -0.3 is 5.32 Å². The van der Waals surface area contributed by atoms with Gasteiger partial charge in [0.05, 0.1) is 18.4 Å². The van der Waals surface area contributed by atoms with Gasteiger partial charge in [-0.05, 0) is 24.5 Å². The largest absolute Gasteiger partial charge is 0.349 e. The van der Waals surface area contributed by atoms with Gasteiger partial charge in [-0.15, -0.1) is 5.10 Å². The van der Waals surface area contributed by atoms with Gasteiger partial charge >= 0.3 is 0 Å². The van der Waals surface area contributed by atoms with Crippen LogP contribution in [-0.2, 0) is 6.54 Å². The summed E-state index contributed by atoms with van der Waals surface area (Å²) in [5.74, 6) is -0.159. The first-order valence-electron chi connectivity index (χ1n) is 6.61. The van der Waals surface area contributed by atoms with Crippen LogP contribution in [0.2, 0.25) is 0 Å². The van der Waals surface area contributed by atoms with Crippen LogP contribution in [0.15, 0.2) is 30.9 Å². The highest BCUT2D eigenvalue weighted by Crippen LogP contribution is 2.11. The molecule has 0 atom stereocenters. The lowest BCUT2D eigenvalue weighted by Crippen LogP contribution is -2.27. The smallest absolute Gasteiger partial charge is 0.265 e. The molecule has 3 aromatic heterocycles. The first kappa shape index (κ1) is 14.3. The Balaban J connectivity index is 1.56.